The summed E-state index contributed by atoms with van der Waals surface area (Å²) in [5, 5.41) is 12.3. The van der Waals surface area contributed by atoms with Crippen LogP contribution < -0.4 is 5.32 Å². The van der Waals surface area contributed by atoms with Gasteiger partial charge in [-0.1, -0.05) is 18.5 Å². The Labute approximate surface area is 93.1 Å². The van der Waals surface area contributed by atoms with Crippen molar-refractivity contribution in [1.29, 1.82) is 0 Å². The molecule has 3 nitrogen and oxygen atoms in total. The number of hydrogen-bond acceptors (Lipinski definition) is 2. The van der Waals surface area contributed by atoms with Gasteiger partial charge in [-0.25, -0.2) is 0 Å². The Bertz CT molecular complexity index is 406. The topological polar surface area (TPSA) is 49.3 Å². The fourth-order valence-electron chi connectivity index (χ4n) is 1.42. The summed E-state index contributed by atoms with van der Waals surface area (Å²) < 4.78 is 0. The molecule has 0 heterocycles. The van der Waals surface area contributed by atoms with E-state index < -0.39 is 0 Å². The first-order valence-corrected chi connectivity index (χ1v) is 5.25. The normalized spacial score (nSPS) is 23.6. The minimum absolute atomic E-state index is 0.00648. The quantitative estimate of drug-likeness (QED) is 0.811. The van der Waals surface area contributed by atoms with Crippen LogP contribution in [-0.4, -0.2) is 17.1 Å². The number of halogens is 1. The van der Waals surface area contributed by atoms with E-state index in [4.69, 9.17) is 11.6 Å². The standard InChI is InChI=1S/C11H12ClNO2/c1-6-4-9(6)13-11(15)7-2-3-10(14)8(12)5-7/h2-3,5-6,9,14H,4H2,1H3,(H,13,15). The molecule has 0 radical (unpaired) electrons. The van der Waals surface area contributed by atoms with E-state index in [1.54, 1.807) is 6.07 Å². The van der Waals surface area contributed by atoms with Crippen LogP contribution in [0.1, 0.15) is 23.7 Å². The second-order valence-corrected chi connectivity index (χ2v) is 4.37. The van der Waals surface area contributed by atoms with Gasteiger partial charge < -0.3 is 10.4 Å². The lowest BCUT2D eigenvalue weighted by Crippen LogP contribution is -2.26. The van der Waals surface area contributed by atoms with E-state index in [2.05, 4.69) is 12.2 Å². The van der Waals surface area contributed by atoms with Gasteiger partial charge in [-0.2, -0.15) is 0 Å². The average molecular weight is 226 g/mol. The molecule has 1 fully saturated rings. The molecular weight excluding hydrogens is 214 g/mol. The Morgan fingerprint density at radius 2 is 2.27 bits per heavy atom. The molecule has 0 aliphatic heterocycles. The number of hydrogen-bond donors (Lipinski definition) is 2. The van der Waals surface area contributed by atoms with Crippen LogP contribution in [0, 0.1) is 5.92 Å². The van der Waals surface area contributed by atoms with E-state index in [-0.39, 0.29) is 16.7 Å². The van der Waals surface area contributed by atoms with E-state index in [9.17, 15) is 9.90 Å². The monoisotopic (exact) mass is 225 g/mol. The molecule has 2 atom stereocenters. The molecule has 4 heteroatoms. The number of phenols is 1. The molecule has 80 valence electrons. The summed E-state index contributed by atoms with van der Waals surface area (Å²) in [6.07, 6.45) is 1.04. The maximum Gasteiger partial charge on any atom is 0.251 e. The van der Waals surface area contributed by atoms with E-state index in [0.29, 0.717) is 17.5 Å². The number of benzene rings is 1. The Morgan fingerprint density at radius 1 is 1.60 bits per heavy atom. The molecule has 1 saturated carbocycles. The highest BCUT2D eigenvalue weighted by Gasteiger charge is 2.33. The van der Waals surface area contributed by atoms with Crippen LogP contribution in [0.5, 0.6) is 5.75 Å². The summed E-state index contributed by atoms with van der Waals surface area (Å²) in [6.45, 7) is 2.09. The fraction of sp³-hybridized carbons (Fsp3) is 0.364. The molecule has 1 aromatic carbocycles. The van der Waals surface area contributed by atoms with Crippen LogP contribution in [0.4, 0.5) is 0 Å². The molecule has 0 aromatic heterocycles. The van der Waals surface area contributed by atoms with Crippen LogP contribution in [0.25, 0.3) is 0 Å². The van der Waals surface area contributed by atoms with Crippen LogP contribution >= 0.6 is 11.6 Å². The van der Waals surface area contributed by atoms with Gasteiger partial charge in [0.15, 0.2) is 0 Å². The lowest BCUT2D eigenvalue weighted by molar-refractivity contribution is 0.0949. The van der Waals surface area contributed by atoms with Gasteiger partial charge in [-0.15, -0.1) is 0 Å². The highest BCUT2D eigenvalue weighted by molar-refractivity contribution is 6.32. The van der Waals surface area contributed by atoms with E-state index in [0.717, 1.165) is 6.42 Å². The second-order valence-electron chi connectivity index (χ2n) is 3.96. The van der Waals surface area contributed by atoms with E-state index in [1.165, 1.54) is 12.1 Å². The molecule has 2 rings (SSSR count). The first-order chi connectivity index (χ1) is 7.08. The number of carbonyl (C=O) groups excluding carboxylic acids is 1. The molecule has 1 aromatic rings. The number of phenolic OH excluding ortho intramolecular Hbond substituents is 1. The van der Waals surface area contributed by atoms with Crippen molar-refractivity contribution in [2.75, 3.05) is 0 Å². The summed E-state index contributed by atoms with van der Waals surface area (Å²) in [6, 6.07) is 4.75. The zero-order valence-corrected chi connectivity index (χ0v) is 9.08. The van der Waals surface area contributed by atoms with Crippen LogP contribution in [0.2, 0.25) is 5.02 Å². The molecule has 0 saturated heterocycles. The minimum Gasteiger partial charge on any atom is -0.506 e. The highest BCUT2D eigenvalue weighted by Crippen LogP contribution is 2.30. The molecule has 0 bridgehead atoms. The van der Waals surface area contributed by atoms with Gasteiger partial charge >= 0.3 is 0 Å². The third-order valence-electron chi connectivity index (χ3n) is 2.64. The lowest BCUT2D eigenvalue weighted by Gasteiger charge is -2.04. The van der Waals surface area contributed by atoms with Crippen LogP contribution in [0.3, 0.4) is 0 Å². The molecular formula is C11H12ClNO2. The van der Waals surface area contributed by atoms with Gasteiger partial charge in [0, 0.05) is 11.6 Å². The summed E-state index contributed by atoms with van der Waals surface area (Å²) in [7, 11) is 0. The van der Waals surface area contributed by atoms with Crippen molar-refractivity contribution in [1.82, 2.24) is 5.32 Å². The SMILES string of the molecule is CC1CC1NC(=O)c1ccc(O)c(Cl)c1. The largest absolute Gasteiger partial charge is 0.506 e. The van der Waals surface area contributed by atoms with Crippen molar-refractivity contribution < 1.29 is 9.90 Å². The highest BCUT2D eigenvalue weighted by atomic mass is 35.5. The third-order valence-corrected chi connectivity index (χ3v) is 2.94. The Kier molecular flexibility index (Phi) is 2.57. The van der Waals surface area contributed by atoms with Gasteiger partial charge in [-0.3, -0.25) is 4.79 Å². The van der Waals surface area contributed by atoms with Crippen LogP contribution in [0.15, 0.2) is 18.2 Å². The van der Waals surface area contributed by atoms with Crippen molar-refractivity contribution in [3.05, 3.63) is 28.8 Å². The van der Waals surface area contributed by atoms with Gasteiger partial charge in [0.1, 0.15) is 5.75 Å². The van der Waals surface area contributed by atoms with Crippen molar-refractivity contribution in [3.8, 4) is 5.75 Å². The smallest absolute Gasteiger partial charge is 0.251 e. The maximum absolute atomic E-state index is 11.7. The van der Waals surface area contributed by atoms with Gasteiger partial charge in [-0.05, 0) is 30.5 Å². The fourth-order valence-corrected chi connectivity index (χ4v) is 1.60. The van der Waals surface area contributed by atoms with E-state index in [1.807, 2.05) is 0 Å². The number of aromatic hydroxyl groups is 1. The Balaban J connectivity index is 2.08. The van der Waals surface area contributed by atoms with Crippen molar-refractivity contribution in [2.45, 2.75) is 19.4 Å². The van der Waals surface area contributed by atoms with Gasteiger partial charge in [0.05, 0.1) is 5.02 Å². The molecule has 1 aliphatic carbocycles. The Hall–Kier alpha value is -1.22. The lowest BCUT2D eigenvalue weighted by atomic mass is 10.2. The average Bonchev–Trinajstić information content (AvgIpc) is 2.86. The number of nitrogens with one attached hydrogen (secondary N) is 1. The predicted molar refractivity (Wildman–Crippen MR) is 58.2 cm³/mol. The minimum atomic E-state index is -0.133. The Morgan fingerprint density at radius 3 is 2.80 bits per heavy atom. The second kappa shape index (κ2) is 3.74. The van der Waals surface area contributed by atoms with Crippen molar-refractivity contribution in [2.24, 2.45) is 5.92 Å². The first-order valence-electron chi connectivity index (χ1n) is 4.87. The number of amides is 1. The molecule has 1 amide bonds. The molecule has 0 spiro atoms. The van der Waals surface area contributed by atoms with Crippen molar-refractivity contribution >= 4 is 17.5 Å². The third kappa shape index (κ3) is 2.23. The van der Waals surface area contributed by atoms with Crippen LogP contribution in [-0.2, 0) is 0 Å². The molecule has 2 unspecified atom stereocenters. The zero-order valence-electron chi connectivity index (χ0n) is 8.33. The molecule has 1 aliphatic rings. The summed E-state index contributed by atoms with van der Waals surface area (Å²) in [5.74, 6) is 0.431. The molecule has 15 heavy (non-hydrogen) atoms. The number of rotatable bonds is 2. The number of carbonyl (C=O) groups is 1. The molecule has 2 N–H and O–H groups in total. The van der Waals surface area contributed by atoms with Gasteiger partial charge in [0.25, 0.3) is 5.91 Å². The first kappa shape index (κ1) is 10.3. The van der Waals surface area contributed by atoms with E-state index >= 15 is 0 Å². The maximum atomic E-state index is 11.7. The summed E-state index contributed by atoms with van der Waals surface area (Å²) in [4.78, 5) is 11.7. The van der Waals surface area contributed by atoms with Gasteiger partial charge in [0.2, 0.25) is 0 Å². The van der Waals surface area contributed by atoms with Crippen molar-refractivity contribution in [3.63, 3.8) is 0 Å². The predicted octanol–water partition coefficient (Wildman–Crippen LogP) is 2.18. The zero-order chi connectivity index (χ0) is 11.0. The summed E-state index contributed by atoms with van der Waals surface area (Å²) >= 11 is 5.71. The summed E-state index contributed by atoms with van der Waals surface area (Å²) in [5.41, 5.74) is 0.483.